The van der Waals surface area contributed by atoms with Gasteiger partial charge in [0.15, 0.2) is 6.67 Å². The number of carbonyl (C=O) groups excluding carboxylic acids is 1. The van der Waals surface area contributed by atoms with Crippen molar-refractivity contribution in [1.82, 2.24) is 5.01 Å². The minimum atomic E-state index is -0.674. The molecule has 0 aliphatic heterocycles. The molecule has 11 heavy (non-hydrogen) atoms. The van der Waals surface area contributed by atoms with Crippen LogP contribution >= 0.6 is 0 Å². The standard InChI is InChI=1S/C4H8N6O/c1-6-4(11)10(3-8-5)9-7-2/h5H,1,3H2,2H3. The zero-order valence-corrected chi connectivity index (χ0v) is 6.06. The lowest BCUT2D eigenvalue weighted by Crippen LogP contribution is -2.21. The zero-order chi connectivity index (χ0) is 8.69. The summed E-state index contributed by atoms with van der Waals surface area (Å²) in [5, 5.41) is 10.4. The van der Waals surface area contributed by atoms with E-state index in [2.05, 4.69) is 27.2 Å². The minimum Gasteiger partial charge on any atom is -0.244 e. The Hall–Kier alpha value is -1.66. The van der Waals surface area contributed by atoms with Gasteiger partial charge < -0.3 is 0 Å². The number of carbonyl (C=O) groups is 1. The van der Waals surface area contributed by atoms with Gasteiger partial charge in [0.2, 0.25) is 0 Å². The van der Waals surface area contributed by atoms with Crippen LogP contribution in [0.2, 0.25) is 0 Å². The Labute approximate surface area is 63.3 Å². The number of nitrogens with one attached hydrogen (secondary N) is 1. The maximum atomic E-state index is 10.7. The van der Waals surface area contributed by atoms with E-state index in [9.17, 15) is 4.79 Å². The van der Waals surface area contributed by atoms with Crippen LogP contribution in [0.1, 0.15) is 0 Å². The van der Waals surface area contributed by atoms with E-state index in [0.29, 0.717) is 0 Å². The number of hydrogen-bond donors (Lipinski definition) is 1. The monoisotopic (exact) mass is 156 g/mol. The van der Waals surface area contributed by atoms with Gasteiger partial charge in [-0.15, -0.1) is 0 Å². The molecule has 0 heterocycles. The van der Waals surface area contributed by atoms with E-state index in [-0.39, 0.29) is 6.67 Å². The molecule has 0 spiro atoms. The summed E-state index contributed by atoms with van der Waals surface area (Å²) in [6.07, 6.45) is 0. The summed E-state index contributed by atoms with van der Waals surface area (Å²) in [5.41, 5.74) is 6.45. The molecule has 0 aliphatic rings. The first-order valence-electron chi connectivity index (χ1n) is 2.67. The van der Waals surface area contributed by atoms with Crippen LogP contribution in [0.15, 0.2) is 20.4 Å². The summed E-state index contributed by atoms with van der Waals surface area (Å²) < 4.78 is 0. The first-order valence-corrected chi connectivity index (χ1v) is 2.67. The smallest absolute Gasteiger partial charge is 0.244 e. The van der Waals surface area contributed by atoms with Crippen molar-refractivity contribution in [2.24, 2.45) is 20.4 Å². The molecule has 0 saturated carbocycles. The molecule has 0 aromatic carbocycles. The third kappa shape index (κ3) is 3.14. The fourth-order valence-corrected chi connectivity index (χ4v) is 0.384. The molecular weight excluding hydrogens is 148 g/mol. The third-order valence-corrected chi connectivity index (χ3v) is 0.758. The van der Waals surface area contributed by atoms with E-state index in [0.717, 1.165) is 5.01 Å². The van der Waals surface area contributed by atoms with Crippen LogP contribution in [-0.2, 0) is 0 Å². The number of urea groups is 1. The Bertz CT molecular complexity index is 187. The zero-order valence-electron chi connectivity index (χ0n) is 6.06. The summed E-state index contributed by atoms with van der Waals surface area (Å²) in [6.45, 7) is 2.81. The van der Waals surface area contributed by atoms with Crippen molar-refractivity contribution in [3.63, 3.8) is 0 Å². The molecule has 0 rings (SSSR count). The highest BCUT2D eigenvalue weighted by molar-refractivity contribution is 5.78. The average Bonchev–Trinajstić information content (AvgIpc) is 2.03. The van der Waals surface area contributed by atoms with Crippen molar-refractivity contribution in [2.75, 3.05) is 13.7 Å². The van der Waals surface area contributed by atoms with Crippen LogP contribution < -0.4 is 0 Å². The van der Waals surface area contributed by atoms with Gasteiger partial charge in [-0.1, -0.05) is 5.22 Å². The van der Waals surface area contributed by atoms with Crippen molar-refractivity contribution in [1.29, 1.82) is 5.53 Å². The quantitative estimate of drug-likeness (QED) is 0.369. The Balaban J connectivity index is 4.18. The van der Waals surface area contributed by atoms with Crippen molar-refractivity contribution in [3.8, 4) is 0 Å². The van der Waals surface area contributed by atoms with E-state index < -0.39 is 6.03 Å². The van der Waals surface area contributed by atoms with Gasteiger partial charge >= 0.3 is 6.03 Å². The molecule has 7 heteroatoms. The SMILES string of the molecule is C=NC(=O)N(CN=N)N=NC. The van der Waals surface area contributed by atoms with E-state index >= 15 is 0 Å². The van der Waals surface area contributed by atoms with Gasteiger partial charge in [-0.2, -0.15) is 15.2 Å². The lowest BCUT2D eigenvalue weighted by Gasteiger charge is -2.06. The Morgan fingerprint density at radius 2 is 2.36 bits per heavy atom. The normalized spacial score (nSPS) is 9.55. The topological polar surface area (TPSA) is 93.6 Å². The molecule has 2 amide bonds. The second-order valence-electron chi connectivity index (χ2n) is 1.43. The molecular formula is C4H8N6O. The Morgan fingerprint density at radius 3 is 2.73 bits per heavy atom. The van der Waals surface area contributed by atoms with Crippen LogP contribution in [0.25, 0.3) is 0 Å². The van der Waals surface area contributed by atoms with Crippen molar-refractivity contribution < 1.29 is 4.79 Å². The molecule has 1 N–H and O–H groups in total. The summed E-state index contributed by atoms with van der Waals surface area (Å²) >= 11 is 0. The predicted molar refractivity (Wildman–Crippen MR) is 37.6 cm³/mol. The van der Waals surface area contributed by atoms with Gasteiger partial charge in [0.05, 0.1) is 7.05 Å². The van der Waals surface area contributed by atoms with Crippen molar-refractivity contribution in [3.05, 3.63) is 0 Å². The number of amides is 2. The summed E-state index contributed by atoms with van der Waals surface area (Å²) in [6, 6.07) is -0.674. The molecule has 7 nitrogen and oxygen atoms in total. The van der Waals surface area contributed by atoms with Gasteiger partial charge in [-0.3, -0.25) is 0 Å². The highest BCUT2D eigenvalue weighted by Gasteiger charge is 2.08. The van der Waals surface area contributed by atoms with E-state index in [1.165, 1.54) is 7.05 Å². The highest BCUT2D eigenvalue weighted by atomic mass is 16.2. The van der Waals surface area contributed by atoms with Crippen LogP contribution in [-0.4, -0.2) is 31.5 Å². The van der Waals surface area contributed by atoms with Crippen molar-refractivity contribution in [2.45, 2.75) is 0 Å². The van der Waals surface area contributed by atoms with Crippen molar-refractivity contribution >= 4 is 12.7 Å². The van der Waals surface area contributed by atoms with Gasteiger partial charge in [0, 0.05) is 0 Å². The van der Waals surface area contributed by atoms with Gasteiger partial charge in [-0.05, 0) is 6.72 Å². The minimum absolute atomic E-state index is 0.185. The molecule has 0 unspecified atom stereocenters. The molecule has 0 bridgehead atoms. The number of rotatable bonds is 3. The van der Waals surface area contributed by atoms with E-state index in [1.807, 2.05) is 0 Å². The number of aliphatic imine (C=N–C) groups is 1. The number of hydrogen-bond acceptors (Lipinski definition) is 5. The second kappa shape index (κ2) is 5.15. The summed E-state index contributed by atoms with van der Waals surface area (Å²) in [7, 11) is 1.40. The van der Waals surface area contributed by atoms with E-state index in [4.69, 9.17) is 5.53 Å². The Morgan fingerprint density at radius 1 is 1.73 bits per heavy atom. The maximum Gasteiger partial charge on any atom is 0.366 e. The average molecular weight is 156 g/mol. The molecule has 0 atom stereocenters. The third-order valence-electron chi connectivity index (χ3n) is 0.758. The fraction of sp³-hybridized carbons (Fsp3) is 0.500. The van der Waals surface area contributed by atoms with Crippen LogP contribution in [0, 0.1) is 5.53 Å². The molecule has 0 aliphatic carbocycles. The fourth-order valence-electron chi connectivity index (χ4n) is 0.384. The lowest BCUT2D eigenvalue weighted by atomic mass is 10.9. The highest BCUT2D eigenvalue weighted by Crippen LogP contribution is 1.94. The maximum absolute atomic E-state index is 10.7. The summed E-state index contributed by atoms with van der Waals surface area (Å²) in [5.74, 6) is 0. The molecule has 0 radical (unpaired) electrons. The first kappa shape index (κ1) is 9.34. The van der Waals surface area contributed by atoms with E-state index in [1.54, 1.807) is 0 Å². The lowest BCUT2D eigenvalue weighted by molar-refractivity contribution is 0.206. The molecule has 60 valence electrons. The molecule has 0 fully saturated rings. The van der Waals surface area contributed by atoms with Crippen LogP contribution in [0.5, 0.6) is 0 Å². The molecule has 0 aromatic rings. The van der Waals surface area contributed by atoms with Crippen LogP contribution in [0.4, 0.5) is 4.79 Å². The first-order chi connectivity index (χ1) is 5.26. The summed E-state index contributed by atoms with van der Waals surface area (Å²) in [4.78, 5) is 13.8. The molecule has 0 aromatic heterocycles. The van der Waals surface area contributed by atoms with Gasteiger partial charge in [0.25, 0.3) is 0 Å². The second-order valence-corrected chi connectivity index (χ2v) is 1.43. The van der Waals surface area contributed by atoms with Gasteiger partial charge in [-0.25, -0.2) is 15.3 Å². The van der Waals surface area contributed by atoms with Gasteiger partial charge in [0.1, 0.15) is 0 Å². The molecule has 0 saturated heterocycles. The Kier molecular flexibility index (Phi) is 4.37. The van der Waals surface area contributed by atoms with Crippen LogP contribution in [0.3, 0.4) is 0 Å². The predicted octanol–water partition coefficient (Wildman–Crippen LogP) is 1.09. The number of nitrogens with zero attached hydrogens (tertiary/aromatic N) is 5. The largest absolute Gasteiger partial charge is 0.366 e.